The molecule has 74 valence electrons. The number of rotatable bonds is 2. The van der Waals surface area contributed by atoms with Crippen molar-refractivity contribution < 1.29 is 19.5 Å². The summed E-state index contributed by atoms with van der Waals surface area (Å²) in [6, 6.07) is 3.71. The first kappa shape index (κ1) is 10.6. The monoisotopic (exact) mass is 261 g/mol. The predicted octanol–water partition coefficient (Wildman–Crippen LogP) is 1.85. The summed E-state index contributed by atoms with van der Waals surface area (Å²) in [4.78, 5) is 10.5. The SMILES string of the molecule is O=C(O)C(=NO)c1cc(Br)ccc1F. The smallest absolute Gasteiger partial charge is 0.358 e. The van der Waals surface area contributed by atoms with Crippen LogP contribution < -0.4 is 0 Å². The summed E-state index contributed by atoms with van der Waals surface area (Å²) in [7, 11) is 0. The van der Waals surface area contributed by atoms with Crippen LogP contribution in [-0.2, 0) is 4.79 Å². The van der Waals surface area contributed by atoms with Crippen molar-refractivity contribution in [3.63, 3.8) is 0 Å². The van der Waals surface area contributed by atoms with Crippen LogP contribution in [0, 0.1) is 5.82 Å². The molecule has 2 N–H and O–H groups in total. The van der Waals surface area contributed by atoms with Crippen LogP contribution in [-0.4, -0.2) is 22.0 Å². The Morgan fingerprint density at radius 3 is 2.64 bits per heavy atom. The molecule has 1 aromatic carbocycles. The van der Waals surface area contributed by atoms with E-state index >= 15 is 0 Å². The number of aliphatic carboxylic acids is 1. The summed E-state index contributed by atoms with van der Waals surface area (Å²) in [6.45, 7) is 0. The zero-order valence-corrected chi connectivity index (χ0v) is 8.32. The zero-order valence-electron chi connectivity index (χ0n) is 6.74. The fourth-order valence-electron chi connectivity index (χ4n) is 0.891. The minimum Gasteiger partial charge on any atom is -0.476 e. The van der Waals surface area contributed by atoms with Crippen molar-refractivity contribution in [3.8, 4) is 0 Å². The molecule has 0 heterocycles. The number of halogens is 2. The van der Waals surface area contributed by atoms with Gasteiger partial charge >= 0.3 is 5.97 Å². The lowest BCUT2D eigenvalue weighted by Crippen LogP contribution is -2.16. The standard InChI is InChI=1S/C8H5BrFNO3/c9-4-1-2-6(10)5(3-4)7(11-14)8(12)13/h1-3,14H,(H,12,13). The van der Waals surface area contributed by atoms with E-state index in [9.17, 15) is 9.18 Å². The van der Waals surface area contributed by atoms with Gasteiger partial charge in [0.2, 0.25) is 0 Å². The van der Waals surface area contributed by atoms with E-state index in [1.807, 2.05) is 0 Å². The van der Waals surface area contributed by atoms with Gasteiger partial charge in [0.15, 0.2) is 5.71 Å². The van der Waals surface area contributed by atoms with Crippen LogP contribution in [0.2, 0.25) is 0 Å². The van der Waals surface area contributed by atoms with Crippen molar-refractivity contribution in [1.29, 1.82) is 0 Å². The van der Waals surface area contributed by atoms with Gasteiger partial charge in [0, 0.05) is 10.0 Å². The van der Waals surface area contributed by atoms with E-state index in [0.717, 1.165) is 6.07 Å². The van der Waals surface area contributed by atoms with Crippen LogP contribution in [0.5, 0.6) is 0 Å². The molecule has 14 heavy (non-hydrogen) atoms. The quantitative estimate of drug-likeness (QED) is 0.485. The Balaban J connectivity index is 3.30. The van der Waals surface area contributed by atoms with Gasteiger partial charge in [-0.25, -0.2) is 9.18 Å². The fourth-order valence-corrected chi connectivity index (χ4v) is 1.25. The van der Waals surface area contributed by atoms with E-state index in [1.54, 1.807) is 0 Å². The molecular weight excluding hydrogens is 257 g/mol. The van der Waals surface area contributed by atoms with Crippen LogP contribution in [0.1, 0.15) is 5.56 Å². The Labute approximate surface area is 86.8 Å². The van der Waals surface area contributed by atoms with Gasteiger partial charge in [-0.1, -0.05) is 21.1 Å². The van der Waals surface area contributed by atoms with E-state index in [2.05, 4.69) is 21.1 Å². The highest BCUT2D eigenvalue weighted by Crippen LogP contribution is 2.16. The summed E-state index contributed by atoms with van der Waals surface area (Å²) >= 11 is 3.05. The Morgan fingerprint density at radius 1 is 1.50 bits per heavy atom. The van der Waals surface area contributed by atoms with Gasteiger partial charge in [-0.15, -0.1) is 0 Å². The van der Waals surface area contributed by atoms with Crippen molar-refractivity contribution in [1.82, 2.24) is 0 Å². The number of hydrogen-bond acceptors (Lipinski definition) is 3. The van der Waals surface area contributed by atoms with E-state index in [4.69, 9.17) is 10.3 Å². The van der Waals surface area contributed by atoms with Gasteiger partial charge in [0.1, 0.15) is 5.82 Å². The third kappa shape index (κ3) is 2.08. The fraction of sp³-hybridized carbons (Fsp3) is 0. The first-order valence-electron chi connectivity index (χ1n) is 3.47. The summed E-state index contributed by atoms with van der Waals surface area (Å²) in [5, 5.41) is 19.5. The van der Waals surface area contributed by atoms with Crippen LogP contribution in [0.4, 0.5) is 4.39 Å². The Bertz CT molecular complexity index is 406. The van der Waals surface area contributed by atoms with Gasteiger partial charge in [-0.2, -0.15) is 0 Å². The highest BCUT2D eigenvalue weighted by atomic mass is 79.9. The van der Waals surface area contributed by atoms with Crippen LogP contribution >= 0.6 is 15.9 Å². The maximum Gasteiger partial charge on any atom is 0.358 e. The predicted molar refractivity (Wildman–Crippen MR) is 50.1 cm³/mol. The molecule has 6 heteroatoms. The van der Waals surface area contributed by atoms with Crippen LogP contribution in [0.25, 0.3) is 0 Å². The highest BCUT2D eigenvalue weighted by Gasteiger charge is 2.17. The molecule has 0 amide bonds. The second-order valence-electron chi connectivity index (χ2n) is 2.38. The third-order valence-corrected chi connectivity index (χ3v) is 1.98. The van der Waals surface area contributed by atoms with Crippen LogP contribution in [0.15, 0.2) is 27.8 Å². The van der Waals surface area contributed by atoms with Gasteiger partial charge in [-0.05, 0) is 18.2 Å². The minimum atomic E-state index is -1.50. The number of oxime groups is 1. The molecule has 0 fully saturated rings. The number of benzene rings is 1. The molecule has 0 unspecified atom stereocenters. The second-order valence-corrected chi connectivity index (χ2v) is 3.29. The Morgan fingerprint density at radius 2 is 2.14 bits per heavy atom. The maximum absolute atomic E-state index is 13.1. The first-order valence-corrected chi connectivity index (χ1v) is 4.26. The lowest BCUT2D eigenvalue weighted by atomic mass is 10.1. The normalized spacial score (nSPS) is 11.4. The summed E-state index contributed by atoms with van der Waals surface area (Å²) < 4.78 is 13.6. The first-order chi connectivity index (χ1) is 6.56. The van der Waals surface area contributed by atoms with Crippen molar-refractivity contribution in [2.24, 2.45) is 5.16 Å². The van der Waals surface area contributed by atoms with Gasteiger partial charge < -0.3 is 10.3 Å². The maximum atomic E-state index is 13.1. The highest BCUT2D eigenvalue weighted by molar-refractivity contribution is 9.10. The van der Waals surface area contributed by atoms with E-state index in [1.165, 1.54) is 12.1 Å². The molecule has 0 spiro atoms. The number of hydrogen-bond donors (Lipinski definition) is 2. The number of carboxylic acids is 1. The third-order valence-electron chi connectivity index (χ3n) is 1.49. The number of carboxylic acid groups (broad SMARTS) is 1. The van der Waals surface area contributed by atoms with E-state index in [-0.39, 0.29) is 5.56 Å². The van der Waals surface area contributed by atoms with Gasteiger partial charge in [-0.3, -0.25) is 0 Å². The summed E-state index contributed by atoms with van der Waals surface area (Å²) in [6.07, 6.45) is 0. The topological polar surface area (TPSA) is 69.9 Å². The molecule has 0 aliphatic heterocycles. The lowest BCUT2D eigenvalue weighted by Gasteiger charge is -2.01. The summed E-state index contributed by atoms with van der Waals surface area (Å²) in [5.74, 6) is -2.26. The molecule has 0 atom stereocenters. The van der Waals surface area contributed by atoms with Gasteiger partial charge in [0.05, 0.1) is 0 Å². The molecule has 1 rings (SSSR count). The molecule has 0 aliphatic carbocycles. The average molecular weight is 262 g/mol. The second kappa shape index (κ2) is 4.19. The lowest BCUT2D eigenvalue weighted by molar-refractivity contribution is -0.129. The number of nitrogens with zero attached hydrogens (tertiary/aromatic N) is 1. The van der Waals surface area contributed by atoms with Crippen molar-refractivity contribution in [2.45, 2.75) is 0 Å². The molecule has 0 bridgehead atoms. The molecule has 0 saturated heterocycles. The summed E-state index contributed by atoms with van der Waals surface area (Å²) in [5.41, 5.74) is -1.00. The molecule has 1 aromatic rings. The minimum absolute atomic E-state index is 0.269. The van der Waals surface area contributed by atoms with E-state index < -0.39 is 17.5 Å². The zero-order chi connectivity index (χ0) is 10.7. The van der Waals surface area contributed by atoms with E-state index in [0.29, 0.717) is 4.47 Å². The van der Waals surface area contributed by atoms with Crippen LogP contribution in [0.3, 0.4) is 0 Å². The molecule has 0 aromatic heterocycles. The Hall–Kier alpha value is -1.43. The molecule has 0 radical (unpaired) electrons. The molecule has 0 aliphatic rings. The average Bonchev–Trinajstić information content (AvgIpc) is 2.11. The van der Waals surface area contributed by atoms with Crippen molar-refractivity contribution in [3.05, 3.63) is 34.1 Å². The molecule has 4 nitrogen and oxygen atoms in total. The van der Waals surface area contributed by atoms with Crippen molar-refractivity contribution >= 4 is 27.6 Å². The largest absolute Gasteiger partial charge is 0.476 e. The number of carbonyl (C=O) groups is 1. The molecule has 0 saturated carbocycles. The van der Waals surface area contributed by atoms with Gasteiger partial charge in [0.25, 0.3) is 0 Å². The Kier molecular flexibility index (Phi) is 3.19. The molecular formula is C8H5BrFNO3. The van der Waals surface area contributed by atoms with Crippen molar-refractivity contribution in [2.75, 3.05) is 0 Å².